The smallest absolute Gasteiger partial charge is 0.264 e. The summed E-state index contributed by atoms with van der Waals surface area (Å²) in [5.74, 6) is 0.354. The third kappa shape index (κ3) is 5.46. The molecular weight excluding hydrogens is 440 g/mol. The Balaban J connectivity index is 2.01. The van der Waals surface area contributed by atoms with Crippen molar-refractivity contribution in [3.8, 4) is 11.5 Å². The van der Waals surface area contributed by atoms with Crippen molar-refractivity contribution in [3.05, 3.63) is 77.9 Å². The zero-order chi connectivity index (χ0) is 24.0. The van der Waals surface area contributed by atoms with Gasteiger partial charge < -0.3 is 14.8 Å². The van der Waals surface area contributed by atoms with E-state index in [4.69, 9.17) is 9.47 Å². The van der Waals surface area contributed by atoms with E-state index in [1.54, 1.807) is 30.3 Å². The minimum Gasteiger partial charge on any atom is -0.493 e. The van der Waals surface area contributed by atoms with Crippen LogP contribution < -0.4 is 19.1 Å². The second kappa shape index (κ2) is 10.4. The number of nitrogens with one attached hydrogen (secondary N) is 1. The Hall–Kier alpha value is -3.52. The number of hydrogen-bond acceptors (Lipinski definition) is 5. The molecule has 174 valence electrons. The van der Waals surface area contributed by atoms with E-state index in [2.05, 4.69) is 5.32 Å². The van der Waals surface area contributed by atoms with E-state index < -0.39 is 22.5 Å². The Labute approximate surface area is 195 Å². The Morgan fingerprint density at radius 2 is 1.61 bits per heavy atom. The molecule has 0 unspecified atom stereocenters. The van der Waals surface area contributed by atoms with E-state index in [9.17, 15) is 13.2 Å². The molecule has 3 aromatic rings. The molecule has 1 N–H and O–H groups in total. The van der Waals surface area contributed by atoms with Gasteiger partial charge in [-0.15, -0.1) is 0 Å². The summed E-state index contributed by atoms with van der Waals surface area (Å²) >= 11 is 0. The molecule has 0 aliphatic rings. The Morgan fingerprint density at radius 3 is 2.24 bits per heavy atom. The van der Waals surface area contributed by atoms with Crippen LogP contribution >= 0.6 is 0 Å². The van der Waals surface area contributed by atoms with Crippen molar-refractivity contribution in [1.82, 2.24) is 0 Å². The lowest BCUT2D eigenvalue weighted by atomic mass is 10.1. The van der Waals surface area contributed by atoms with Gasteiger partial charge in [-0.3, -0.25) is 9.10 Å². The van der Waals surface area contributed by atoms with Gasteiger partial charge in [-0.1, -0.05) is 42.8 Å². The summed E-state index contributed by atoms with van der Waals surface area (Å²) in [6.45, 7) is 3.45. The van der Waals surface area contributed by atoms with E-state index in [1.165, 1.54) is 32.4 Å². The number of aryl methyl sites for hydroxylation is 2. The standard InChI is InChI=1S/C25H28N2O5S/c1-5-19-8-6-7-9-22(19)26-25(28)17-27(20-12-15-23(31-3)24(16-20)32-4)33(29,30)21-13-10-18(2)11-14-21/h6-16H,5,17H2,1-4H3,(H,26,28). The van der Waals surface area contributed by atoms with Gasteiger partial charge in [0.25, 0.3) is 10.0 Å². The molecule has 7 nitrogen and oxygen atoms in total. The maximum atomic E-state index is 13.6. The molecule has 0 aliphatic carbocycles. The number of ether oxygens (including phenoxy) is 2. The number of rotatable bonds is 9. The van der Waals surface area contributed by atoms with Gasteiger partial charge >= 0.3 is 0 Å². The minimum atomic E-state index is -4.04. The van der Waals surface area contributed by atoms with E-state index in [0.29, 0.717) is 17.2 Å². The van der Waals surface area contributed by atoms with Gasteiger partial charge in [0.15, 0.2) is 11.5 Å². The first kappa shape index (κ1) is 24.1. The Morgan fingerprint density at radius 1 is 0.939 bits per heavy atom. The molecule has 0 heterocycles. The Bertz CT molecular complexity index is 1220. The maximum Gasteiger partial charge on any atom is 0.264 e. The fourth-order valence-corrected chi connectivity index (χ4v) is 4.82. The molecular formula is C25H28N2O5S. The highest BCUT2D eigenvalue weighted by Gasteiger charge is 2.28. The highest BCUT2D eigenvalue weighted by atomic mass is 32.2. The first-order chi connectivity index (χ1) is 15.8. The molecule has 0 radical (unpaired) electrons. The van der Waals surface area contributed by atoms with Crippen molar-refractivity contribution in [2.45, 2.75) is 25.2 Å². The molecule has 1 amide bonds. The van der Waals surface area contributed by atoms with Gasteiger partial charge in [0.2, 0.25) is 5.91 Å². The average Bonchev–Trinajstić information content (AvgIpc) is 2.82. The summed E-state index contributed by atoms with van der Waals surface area (Å²) in [5, 5.41) is 2.84. The minimum absolute atomic E-state index is 0.0876. The molecule has 0 bridgehead atoms. The number of benzene rings is 3. The van der Waals surface area contributed by atoms with Crippen LogP contribution in [0.25, 0.3) is 0 Å². The number of sulfonamides is 1. The first-order valence-corrected chi connectivity index (χ1v) is 11.9. The van der Waals surface area contributed by atoms with Gasteiger partial charge in [-0.25, -0.2) is 8.42 Å². The van der Waals surface area contributed by atoms with E-state index in [0.717, 1.165) is 21.9 Å². The number of anilines is 2. The maximum absolute atomic E-state index is 13.6. The highest BCUT2D eigenvalue weighted by Crippen LogP contribution is 2.34. The molecule has 8 heteroatoms. The second-order valence-electron chi connectivity index (χ2n) is 7.42. The number of carbonyl (C=O) groups is 1. The normalized spacial score (nSPS) is 11.0. The SMILES string of the molecule is CCc1ccccc1NC(=O)CN(c1ccc(OC)c(OC)c1)S(=O)(=O)c1ccc(C)cc1. The number of para-hydroxylation sites is 1. The van der Waals surface area contributed by atoms with Crippen LogP contribution in [-0.4, -0.2) is 35.1 Å². The zero-order valence-electron chi connectivity index (χ0n) is 19.2. The van der Waals surface area contributed by atoms with Crippen LogP contribution in [0.2, 0.25) is 0 Å². The quantitative estimate of drug-likeness (QED) is 0.503. The number of methoxy groups -OCH3 is 2. The number of nitrogens with zero attached hydrogens (tertiary/aromatic N) is 1. The van der Waals surface area contributed by atoms with Crippen LogP contribution in [0.1, 0.15) is 18.1 Å². The predicted octanol–water partition coefficient (Wildman–Crippen LogP) is 4.41. The largest absolute Gasteiger partial charge is 0.493 e. The van der Waals surface area contributed by atoms with Gasteiger partial charge in [0.05, 0.1) is 24.8 Å². The molecule has 0 saturated carbocycles. The topological polar surface area (TPSA) is 84.9 Å². The number of amides is 1. The van der Waals surface area contributed by atoms with Gasteiger partial charge in [0.1, 0.15) is 6.54 Å². The number of carbonyl (C=O) groups excluding carboxylic acids is 1. The lowest BCUT2D eigenvalue weighted by Gasteiger charge is -2.25. The third-order valence-corrected chi connectivity index (χ3v) is 7.01. The molecule has 0 fully saturated rings. The van der Waals surface area contributed by atoms with Crippen molar-refractivity contribution in [2.24, 2.45) is 0 Å². The van der Waals surface area contributed by atoms with E-state index >= 15 is 0 Å². The molecule has 0 atom stereocenters. The summed E-state index contributed by atoms with van der Waals surface area (Å²) in [6.07, 6.45) is 0.734. The summed E-state index contributed by atoms with van der Waals surface area (Å²) in [4.78, 5) is 13.1. The lowest BCUT2D eigenvalue weighted by molar-refractivity contribution is -0.114. The van der Waals surface area contributed by atoms with Gasteiger partial charge in [-0.05, 0) is 49.2 Å². The van der Waals surface area contributed by atoms with Crippen molar-refractivity contribution in [2.75, 3.05) is 30.4 Å². The van der Waals surface area contributed by atoms with Crippen LogP contribution in [0.15, 0.2) is 71.6 Å². The van der Waals surface area contributed by atoms with E-state index in [-0.39, 0.29) is 10.6 Å². The summed E-state index contributed by atoms with van der Waals surface area (Å²) in [5.41, 5.74) is 2.84. The van der Waals surface area contributed by atoms with Crippen LogP contribution in [0.5, 0.6) is 11.5 Å². The third-order valence-electron chi connectivity index (χ3n) is 5.22. The lowest BCUT2D eigenvalue weighted by Crippen LogP contribution is -2.38. The van der Waals surface area contributed by atoms with Crippen LogP contribution in [0.4, 0.5) is 11.4 Å². The summed E-state index contributed by atoms with van der Waals surface area (Å²) < 4.78 is 38.9. The first-order valence-electron chi connectivity index (χ1n) is 10.5. The van der Waals surface area contributed by atoms with Crippen LogP contribution in [-0.2, 0) is 21.2 Å². The van der Waals surface area contributed by atoms with Gasteiger partial charge in [-0.2, -0.15) is 0 Å². The average molecular weight is 469 g/mol. The monoisotopic (exact) mass is 468 g/mol. The van der Waals surface area contributed by atoms with Crippen molar-refractivity contribution < 1.29 is 22.7 Å². The van der Waals surface area contributed by atoms with Crippen LogP contribution in [0, 0.1) is 6.92 Å². The van der Waals surface area contributed by atoms with Gasteiger partial charge in [0, 0.05) is 11.8 Å². The fourth-order valence-electron chi connectivity index (χ4n) is 3.40. The molecule has 0 aromatic heterocycles. The molecule has 0 spiro atoms. The summed E-state index contributed by atoms with van der Waals surface area (Å²) in [7, 11) is -1.08. The highest BCUT2D eigenvalue weighted by molar-refractivity contribution is 7.92. The Kier molecular flexibility index (Phi) is 7.60. The molecule has 3 aromatic carbocycles. The molecule has 0 saturated heterocycles. The van der Waals surface area contributed by atoms with E-state index in [1.807, 2.05) is 32.0 Å². The van der Waals surface area contributed by atoms with Crippen LogP contribution in [0.3, 0.4) is 0 Å². The molecule has 0 aliphatic heterocycles. The second-order valence-corrected chi connectivity index (χ2v) is 9.29. The fraction of sp³-hybridized carbons (Fsp3) is 0.240. The molecule has 3 rings (SSSR count). The van der Waals surface area contributed by atoms with Crippen molar-refractivity contribution >= 4 is 27.3 Å². The van der Waals surface area contributed by atoms with Crippen molar-refractivity contribution in [1.29, 1.82) is 0 Å². The zero-order valence-corrected chi connectivity index (χ0v) is 20.0. The number of hydrogen-bond donors (Lipinski definition) is 1. The van der Waals surface area contributed by atoms with Crippen molar-refractivity contribution in [3.63, 3.8) is 0 Å². The summed E-state index contributed by atoms with van der Waals surface area (Å²) in [6, 6.07) is 18.7. The molecule has 33 heavy (non-hydrogen) atoms. The predicted molar refractivity (Wildman–Crippen MR) is 130 cm³/mol.